The predicted octanol–water partition coefficient (Wildman–Crippen LogP) is 1.07. The fourth-order valence-corrected chi connectivity index (χ4v) is 3.96. The Morgan fingerprint density at radius 3 is 2.65 bits per heavy atom. The van der Waals surface area contributed by atoms with Crippen LogP contribution in [0.5, 0.6) is 0 Å². The van der Waals surface area contributed by atoms with Crippen LogP contribution >= 0.6 is 15.9 Å². The van der Waals surface area contributed by atoms with E-state index in [9.17, 15) is 4.79 Å². The fraction of sp³-hybridized carbons (Fsp3) is 0.714. The summed E-state index contributed by atoms with van der Waals surface area (Å²) < 4.78 is 2.30. The highest BCUT2D eigenvalue weighted by Gasteiger charge is 2.37. The minimum atomic E-state index is 0.0181. The largest absolute Gasteiger partial charge is 0.368 e. The van der Waals surface area contributed by atoms with Crippen molar-refractivity contribution in [2.75, 3.05) is 31.1 Å². The number of hydrogen-bond acceptors (Lipinski definition) is 4. The van der Waals surface area contributed by atoms with Crippen LogP contribution in [-0.4, -0.2) is 36.0 Å². The van der Waals surface area contributed by atoms with Gasteiger partial charge in [0.15, 0.2) is 0 Å². The van der Waals surface area contributed by atoms with Gasteiger partial charge in [-0.15, -0.1) is 0 Å². The second-order valence-corrected chi connectivity index (χ2v) is 7.15. The van der Waals surface area contributed by atoms with E-state index in [4.69, 9.17) is 0 Å². The number of nitrogens with zero attached hydrogens (tertiary/aromatic N) is 3. The third kappa shape index (κ3) is 2.19. The monoisotopic (exact) mass is 338 g/mol. The maximum absolute atomic E-state index is 12.4. The predicted molar refractivity (Wildman–Crippen MR) is 81.0 cm³/mol. The molecule has 0 unspecified atom stereocenters. The summed E-state index contributed by atoms with van der Waals surface area (Å²) in [6.45, 7) is 5.04. The van der Waals surface area contributed by atoms with Crippen molar-refractivity contribution < 1.29 is 0 Å². The van der Waals surface area contributed by atoms with Crippen LogP contribution in [0.1, 0.15) is 12.8 Å². The third-order valence-electron chi connectivity index (χ3n) is 4.82. The summed E-state index contributed by atoms with van der Waals surface area (Å²) in [4.78, 5) is 14.7. The van der Waals surface area contributed by atoms with Gasteiger partial charge in [0.1, 0.15) is 4.47 Å². The van der Waals surface area contributed by atoms with E-state index < -0.39 is 0 Å². The number of rotatable bonds is 3. The van der Waals surface area contributed by atoms with Gasteiger partial charge in [0, 0.05) is 32.7 Å². The standard InChI is InChI=1S/C14H19BrN4O/c15-13-12(18-7-10-3-16-4-11(10)8-18)5-17-19(14(13)20)6-9-1-2-9/h5,9-11,16H,1-4,6-8H2/t10-,11+. The number of aromatic nitrogens is 2. The molecule has 1 aromatic rings. The Kier molecular flexibility index (Phi) is 3.11. The first kappa shape index (κ1) is 12.8. The highest BCUT2D eigenvalue weighted by Crippen LogP contribution is 2.33. The molecule has 20 heavy (non-hydrogen) atoms. The van der Waals surface area contributed by atoms with Crippen molar-refractivity contribution in [3.8, 4) is 0 Å². The zero-order valence-electron chi connectivity index (χ0n) is 11.4. The zero-order valence-corrected chi connectivity index (χ0v) is 13.0. The first-order valence-corrected chi connectivity index (χ1v) is 8.23. The van der Waals surface area contributed by atoms with Gasteiger partial charge < -0.3 is 10.2 Å². The molecule has 3 aliphatic rings. The topological polar surface area (TPSA) is 50.2 Å². The fourth-order valence-electron chi connectivity index (χ4n) is 3.40. The molecule has 1 N–H and O–H groups in total. The van der Waals surface area contributed by atoms with Crippen LogP contribution in [0.2, 0.25) is 0 Å². The number of halogens is 1. The molecule has 0 radical (unpaired) electrons. The van der Waals surface area contributed by atoms with Gasteiger partial charge in [0.2, 0.25) is 0 Å². The van der Waals surface area contributed by atoms with Crippen LogP contribution in [0.4, 0.5) is 5.69 Å². The lowest BCUT2D eigenvalue weighted by atomic mass is 10.0. The van der Waals surface area contributed by atoms with Crippen molar-refractivity contribution in [2.24, 2.45) is 17.8 Å². The second kappa shape index (κ2) is 4.84. The maximum atomic E-state index is 12.4. The van der Waals surface area contributed by atoms with Crippen LogP contribution in [0.3, 0.4) is 0 Å². The molecule has 0 amide bonds. The average Bonchev–Trinajstić information content (AvgIpc) is 2.98. The quantitative estimate of drug-likeness (QED) is 0.895. The Bertz CT molecular complexity index is 571. The van der Waals surface area contributed by atoms with E-state index in [0.29, 0.717) is 10.4 Å². The van der Waals surface area contributed by atoms with E-state index in [1.165, 1.54) is 12.8 Å². The van der Waals surface area contributed by atoms with Crippen molar-refractivity contribution in [3.63, 3.8) is 0 Å². The highest BCUT2D eigenvalue weighted by molar-refractivity contribution is 9.10. The zero-order chi connectivity index (χ0) is 13.7. The number of fused-ring (bicyclic) bond motifs is 1. The van der Waals surface area contributed by atoms with Crippen LogP contribution in [0.15, 0.2) is 15.5 Å². The van der Waals surface area contributed by atoms with Crippen molar-refractivity contribution >= 4 is 21.6 Å². The Morgan fingerprint density at radius 1 is 1.30 bits per heavy atom. The molecule has 1 aromatic heterocycles. The number of anilines is 1. The van der Waals surface area contributed by atoms with E-state index in [2.05, 4.69) is 31.2 Å². The van der Waals surface area contributed by atoms with Gasteiger partial charge in [0.05, 0.1) is 11.9 Å². The van der Waals surface area contributed by atoms with E-state index in [-0.39, 0.29) is 5.56 Å². The maximum Gasteiger partial charge on any atom is 0.283 e. The Hall–Kier alpha value is -0.880. The minimum Gasteiger partial charge on any atom is -0.368 e. The molecule has 4 rings (SSSR count). The molecule has 0 spiro atoms. The summed E-state index contributed by atoms with van der Waals surface area (Å²) in [5.74, 6) is 2.10. The van der Waals surface area contributed by atoms with Gasteiger partial charge in [-0.05, 0) is 46.5 Å². The van der Waals surface area contributed by atoms with Crippen LogP contribution in [0.25, 0.3) is 0 Å². The summed E-state index contributed by atoms with van der Waals surface area (Å²) in [5.41, 5.74) is 0.987. The van der Waals surface area contributed by atoms with E-state index in [1.54, 1.807) is 4.68 Å². The van der Waals surface area contributed by atoms with Crippen molar-refractivity contribution in [2.45, 2.75) is 19.4 Å². The molecule has 2 atom stereocenters. The summed E-state index contributed by atoms with van der Waals surface area (Å²) in [6, 6.07) is 0. The van der Waals surface area contributed by atoms with Gasteiger partial charge in [-0.25, -0.2) is 4.68 Å². The van der Waals surface area contributed by atoms with Crippen LogP contribution < -0.4 is 15.8 Å². The van der Waals surface area contributed by atoms with Gasteiger partial charge in [-0.2, -0.15) is 5.10 Å². The Labute approximate surface area is 126 Å². The average molecular weight is 339 g/mol. The van der Waals surface area contributed by atoms with Gasteiger partial charge in [-0.1, -0.05) is 0 Å². The number of nitrogens with one attached hydrogen (secondary N) is 1. The highest BCUT2D eigenvalue weighted by atomic mass is 79.9. The normalized spacial score (nSPS) is 28.9. The lowest BCUT2D eigenvalue weighted by Crippen LogP contribution is -2.30. The molecule has 0 bridgehead atoms. The summed E-state index contributed by atoms with van der Waals surface area (Å²) >= 11 is 3.50. The molecule has 108 valence electrons. The molecule has 2 aliphatic heterocycles. The smallest absolute Gasteiger partial charge is 0.283 e. The number of hydrogen-bond donors (Lipinski definition) is 1. The summed E-state index contributed by atoms with van der Waals surface area (Å²) in [5, 5.41) is 7.81. The molecule has 3 heterocycles. The van der Waals surface area contributed by atoms with Crippen molar-refractivity contribution in [3.05, 3.63) is 21.0 Å². The van der Waals surface area contributed by atoms with E-state index in [1.807, 2.05) is 6.20 Å². The summed E-state index contributed by atoms with van der Waals surface area (Å²) in [6.07, 6.45) is 4.33. The SMILES string of the molecule is O=c1c(Br)c(N2C[C@H]3CNC[C@H]3C2)cnn1CC1CC1. The van der Waals surface area contributed by atoms with Gasteiger partial charge in [0.25, 0.3) is 5.56 Å². The van der Waals surface area contributed by atoms with Crippen LogP contribution in [-0.2, 0) is 6.54 Å². The Balaban J connectivity index is 1.59. The van der Waals surface area contributed by atoms with Gasteiger partial charge in [-0.3, -0.25) is 4.79 Å². The molecule has 5 nitrogen and oxygen atoms in total. The van der Waals surface area contributed by atoms with Crippen LogP contribution in [0, 0.1) is 17.8 Å². The molecular formula is C14H19BrN4O. The summed E-state index contributed by atoms with van der Waals surface area (Å²) in [7, 11) is 0. The molecule has 1 saturated carbocycles. The van der Waals surface area contributed by atoms with E-state index in [0.717, 1.165) is 50.2 Å². The molecule has 3 fully saturated rings. The minimum absolute atomic E-state index is 0.0181. The first-order valence-electron chi connectivity index (χ1n) is 7.43. The Morgan fingerprint density at radius 2 is 2.00 bits per heavy atom. The molecule has 0 aromatic carbocycles. The lowest BCUT2D eigenvalue weighted by molar-refractivity contribution is 0.530. The molecule has 6 heteroatoms. The third-order valence-corrected chi connectivity index (χ3v) is 5.57. The molecule has 2 saturated heterocycles. The molecule has 1 aliphatic carbocycles. The molecular weight excluding hydrogens is 320 g/mol. The van der Waals surface area contributed by atoms with Crippen molar-refractivity contribution in [1.82, 2.24) is 15.1 Å². The van der Waals surface area contributed by atoms with Gasteiger partial charge >= 0.3 is 0 Å². The second-order valence-electron chi connectivity index (χ2n) is 6.36. The first-order chi connectivity index (χ1) is 9.72. The van der Waals surface area contributed by atoms with Crippen molar-refractivity contribution in [1.29, 1.82) is 0 Å². The lowest BCUT2D eigenvalue weighted by Gasteiger charge is -2.21. The van der Waals surface area contributed by atoms with E-state index >= 15 is 0 Å².